The third kappa shape index (κ3) is 2.69. The lowest BCUT2D eigenvalue weighted by atomic mass is 10.2. The molecule has 1 heterocycles. The molecule has 0 bridgehead atoms. The number of nitrogens with zero attached hydrogens (tertiary/aromatic N) is 1. The summed E-state index contributed by atoms with van der Waals surface area (Å²) >= 11 is 2.90. The number of amides is 1. The quantitative estimate of drug-likeness (QED) is 0.540. The van der Waals surface area contributed by atoms with Crippen LogP contribution in [0.25, 0.3) is 0 Å². The molecule has 7 heteroatoms. The summed E-state index contributed by atoms with van der Waals surface area (Å²) in [4.78, 5) is 25.1. The van der Waals surface area contributed by atoms with E-state index in [4.69, 9.17) is 10.5 Å². The smallest absolute Gasteiger partial charge is 0.310 e. The highest BCUT2D eigenvalue weighted by molar-refractivity contribution is 9.09. The van der Waals surface area contributed by atoms with Gasteiger partial charge in [0, 0.05) is 0 Å². The molecule has 0 saturated heterocycles. The van der Waals surface area contributed by atoms with Gasteiger partial charge in [-0.2, -0.15) is 4.99 Å². The Kier molecular flexibility index (Phi) is 3.24. The molecule has 0 aromatic rings. The molecule has 0 saturated carbocycles. The van der Waals surface area contributed by atoms with Gasteiger partial charge >= 0.3 is 5.97 Å². The minimum absolute atomic E-state index is 0.0864. The van der Waals surface area contributed by atoms with Crippen LogP contribution in [0.15, 0.2) is 4.99 Å². The van der Waals surface area contributed by atoms with Crippen molar-refractivity contribution in [2.24, 2.45) is 10.7 Å². The Morgan fingerprint density at radius 2 is 2.46 bits per heavy atom. The van der Waals surface area contributed by atoms with Crippen LogP contribution in [0.5, 0.6) is 0 Å². The minimum Gasteiger partial charge on any atom is -0.454 e. The van der Waals surface area contributed by atoms with Gasteiger partial charge in [-0.25, -0.2) is 0 Å². The van der Waals surface area contributed by atoms with E-state index in [-0.39, 0.29) is 18.0 Å². The first-order valence-electron chi connectivity index (χ1n) is 3.39. The maximum absolute atomic E-state index is 10.9. The Hall–Kier alpha value is -1.11. The van der Waals surface area contributed by atoms with Crippen LogP contribution in [-0.4, -0.2) is 29.5 Å². The third-order valence-corrected chi connectivity index (χ3v) is 1.56. The molecule has 1 rings (SSSR count). The molecule has 6 nitrogen and oxygen atoms in total. The lowest BCUT2D eigenvalue weighted by molar-refractivity contribution is -0.145. The maximum Gasteiger partial charge on any atom is 0.310 e. The SMILES string of the molecule is NC1=NC(=O)C(CC(=O)OCBr)O1. The van der Waals surface area contributed by atoms with Gasteiger partial charge in [0.15, 0.2) is 6.10 Å². The summed E-state index contributed by atoms with van der Waals surface area (Å²) in [6.45, 7) is 0. The molecule has 72 valence electrons. The Morgan fingerprint density at radius 3 is 2.92 bits per heavy atom. The first-order valence-corrected chi connectivity index (χ1v) is 4.52. The van der Waals surface area contributed by atoms with Crippen molar-refractivity contribution in [3.63, 3.8) is 0 Å². The maximum atomic E-state index is 10.9. The standard InChI is InChI=1S/C6H7BrN2O4/c7-2-12-4(10)1-3-5(11)9-6(8)13-3/h3H,1-2H2,(H2,8,9,11). The molecule has 1 aliphatic heterocycles. The van der Waals surface area contributed by atoms with Gasteiger partial charge in [0.1, 0.15) is 5.52 Å². The zero-order valence-electron chi connectivity index (χ0n) is 6.53. The number of esters is 1. The van der Waals surface area contributed by atoms with Gasteiger partial charge in [-0.1, -0.05) is 0 Å². The molecular weight excluding hydrogens is 244 g/mol. The molecule has 0 spiro atoms. The fraction of sp³-hybridized carbons (Fsp3) is 0.500. The second kappa shape index (κ2) is 4.22. The Morgan fingerprint density at radius 1 is 1.77 bits per heavy atom. The molecule has 2 N–H and O–H groups in total. The zero-order valence-corrected chi connectivity index (χ0v) is 8.11. The van der Waals surface area contributed by atoms with Crippen molar-refractivity contribution in [1.29, 1.82) is 0 Å². The Labute approximate surface area is 82.2 Å². The Balaban J connectivity index is 2.40. The molecule has 0 fully saturated rings. The number of hydrogen-bond donors (Lipinski definition) is 1. The van der Waals surface area contributed by atoms with Crippen LogP contribution in [-0.2, 0) is 19.1 Å². The monoisotopic (exact) mass is 250 g/mol. The molecule has 1 unspecified atom stereocenters. The highest BCUT2D eigenvalue weighted by atomic mass is 79.9. The van der Waals surface area contributed by atoms with Gasteiger partial charge in [-0.15, -0.1) is 0 Å². The number of halogens is 1. The summed E-state index contributed by atoms with van der Waals surface area (Å²) in [7, 11) is 0. The van der Waals surface area contributed by atoms with E-state index in [0.29, 0.717) is 0 Å². The normalized spacial score (nSPS) is 20.8. The predicted molar refractivity (Wildman–Crippen MR) is 46.0 cm³/mol. The highest BCUT2D eigenvalue weighted by Gasteiger charge is 2.30. The van der Waals surface area contributed by atoms with Crippen molar-refractivity contribution in [2.75, 3.05) is 5.52 Å². The average Bonchev–Trinajstić information content (AvgIpc) is 2.30. The average molecular weight is 251 g/mol. The highest BCUT2D eigenvalue weighted by Crippen LogP contribution is 2.09. The molecule has 0 aliphatic carbocycles. The van der Waals surface area contributed by atoms with E-state index in [0.717, 1.165) is 0 Å². The number of carbonyl (C=O) groups excluding carboxylic acids is 2. The van der Waals surface area contributed by atoms with Gasteiger partial charge in [-0.05, 0) is 15.9 Å². The van der Waals surface area contributed by atoms with Gasteiger partial charge in [0.25, 0.3) is 11.9 Å². The predicted octanol–water partition coefficient (Wildman–Crippen LogP) is -0.488. The van der Waals surface area contributed by atoms with Crippen molar-refractivity contribution in [1.82, 2.24) is 0 Å². The number of carbonyl (C=O) groups is 2. The first kappa shape index (κ1) is 9.97. The first-order chi connectivity index (χ1) is 6.13. The van der Waals surface area contributed by atoms with Crippen LogP contribution >= 0.6 is 15.9 Å². The molecule has 1 aliphatic rings. The molecule has 1 atom stereocenters. The van der Waals surface area contributed by atoms with E-state index in [9.17, 15) is 9.59 Å². The number of nitrogens with two attached hydrogens (primary N) is 1. The van der Waals surface area contributed by atoms with E-state index >= 15 is 0 Å². The fourth-order valence-electron chi connectivity index (χ4n) is 0.803. The number of amidine groups is 1. The summed E-state index contributed by atoms with van der Waals surface area (Å²) < 4.78 is 9.29. The topological polar surface area (TPSA) is 91.0 Å². The van der Waals surface area contributed by atoms with Crippen LogP contribution in [0.1, 0.15) is 6.42 Å². The summed E-state index contributed by atoms with van der Waals surface area (Å²) in [6.07, 6.45) is -1.10. The minimum atomic E-state index is -0.924. The lowest BCUT2D eigenvalue weighted by Gasteiger charge is -2.06. The summed E-state index contributed by atoms with van der Waals surface area (Å²) in [6, 6.07) is -0.207. The van der Waals surface area contributed by atoms with Crippen molar-refractivity contribution in [3.05, 3.63) is 0 Å². The summed E-state index contributed by atoms with van der Waals surface area (Å²) in [5, 5.41) is 0. The van der Waals surface area contributed by atoms with Gasteiger partial charge in [0.2, 0.25) is 0 Å². The van der Waals surface area contributed by atoms with Crippen LogP contribution < -0.4 is 5.73 Å². The fourth-order valence-corrected chi connectivity index (χ4v) is 1.06. The van der Waals surface area contributed by atoms with E-state index in [1.165, 1.54) is 0 Å². The number of hydrogen-bond acceptors (Lipinski definition) is 5. The number of alkyl halides is 1. The molecule has 0 aromatic heterocycles. The van der Waals surface area contributed by atoms with Crippen molar-refractivity contribution >= 4 is 33.8 Å². The largest absolute Gasteiger partial charge is 0.454 e. The third-order valence-electron chi connectivity index (χ3n) is 1.33. The van der Waals surface area contributed by atoms with Crippen molar-refractivity contribution in [3.8, 4) is 0 Å². The van der Waals surface area contributed by atoms with E-state index < -0.39 is 18.0 Å². The zero-order chi connectivity index (χ0) is 9.84. The summed E-state index contributed by atoms with van der Waals surface area (Å²) in [5.74, 6) is -1.09. The van der Waals surface area contributed by atoms with E-state index in [2.05, 4.69) is 25.7 Å². The second-order valence-corrected chi connectivity index (χ2v) is 2.68. The van der Waals surface area contributed by atoms with Gasteiger partial charge in [0.05, 0.1) is 6.42 Å². The van der Waals surface area contributed by atoms with Gasteiger partial charge in [-0.3, -0.25) is 9.59 Å². The summed E-state index contributed by atoms with van der Waals surface area (Å²) in [5.41, 5.74) is 5.20. The number of aliphatic imine (C=N–C) groups is 1. The van der Waals surface area contributed by atoms with Crippen LogP contribution in [0.4, 0.5) is 0 Å². The van der Waals surface area contributed by atoms with Gasteiger partial charge < -0.3 is 15.2 Å². The lowest BCUT2D eigenvalue weighted by Crippen LogP contribution is -2.24. The van der Waals surface area contributed by atoms with Crippen LogP contribution in [0.2, 0.25) is 0 Å². The Bertz CT molecular complexity index is 265. The number of rotatable bonds is 3. The van der Waals surface area contributed by atoms with Crippen molar-refractivity contribution < 1.29 is 19.1 Å². The van der Waals surface area contributed by atoms with E-state index in [1.807, 2.05) is 0 Å². The molecule has 0 radical (unpaired) electrons. The van der Waals surface area contributed by atoms with E-state index in [1.54, 1.807) is 0 Å². The molecular formula is C6H7BrN2O4. The van der Waals surface area contributed by atoms with Crippen molar-refractivity contribution in [2.45, 2.75) is 12.5 Å². The number of ether oxygens (including phenoxy) is 2. The molecule has 0 aromatic carbocycles. The molecule has 13 heavy (non-hydrogen) atoms. The van der Waals surface area contributed by atoms with Crippen LogP contribution in [0, 0.1) is 0 Å². The molecule has 1 amide bonds. The van der Waals surface area contributed by atoms with Crippen LogP contribution in [0.3, 0.4) is 0 Å². The second-order valence-electron chi connectivity index (χ2n) is 2.22.